The van der Waals surface area contributed by atoms with Crippen molar-refractivity contribution in [3.63, 3.8) is 0 Å². The van der Waals surface area contributed by atoms with Crippen LogP contribution >= 0.6 is 0 Å². The maximum Gasteiger partial charge on any atom is 0.310 e. The number of ether oxygens (including phenoxy) is 2. The molecule has 0 saturated carbocycles. The lowest BCUT2D eigenvalue weighted by Gasteiger charge is -2.15. The maximum absolute atomic E-state index is 12.6. The van der Waals surface area contributed by atoms with Crippen molar-refractivity contribution in [3.05, 3.63) is 53.6 Å². The molecule has 1 aliphatic heterocycles. The summed E-state index contributed by atoms with van der Waals surface area (Å²) in [5.41, 5.74) is 2.37. The third-order valence-electron chi connectivity index (χ3n) is 5.00. The first-order valence-corrected chi connectivity index (χ1v) is 9.70. The van der Waals surface area contributed by atoms with E-state index in [1.54, 1.807) is 37.3 Å². The van der Waals surface area contributed by atoms with E-state index in [4.69, 9.17) is 9.47 Å². The van der Waals surface area contributed by atoms with Gasteiger partial charge in [-0.25, -0.2) is 0 Å². The van der Waals surface area contributed by atoms with Crippen LogP contribution in [-0.2, 0) is 20.8 Å². The molecule has 0 unspecified atom stereocenters. The van der Waals surface area contributed by atoms with E-state index in [1.165, 1.54) is 0 Å². The van der Waals surface area contributed by atoms with Crippen molar-refractivity contribution in [1.29, 1.82) is 0 Å². The number of anilines is 1. The third-order valence-corrected chi connectivity index (χ3v) is 5.00. The van der Waals surface area contributed by atoms with Crippen LogP contribution in [0.2, 0.25) is 0 Å². The number of hydrogen-bond donors (Lipinski definition) is 2. The van der Waals surface area contributed by atoms with Gasteiger partial charge in [-0.1, -0.05) is 24.3 Å². The fourth-order valence-corrected chi connectivity index (χ4v) is 3.48. The Morgan fingerprint density at radius 1 is 1.03 bits per heavy atom. The van der Waals surface area contributed by atoms with Gasteiger partial charge in [0, 0.05) is 24.3 Å². The molecule has 30 heavy (non-hydrogen) atoms. The van der Waals surface area contributed by atoms with Gasteiger partial charge in [-0.2, -0.15) is 0 Å². The van der Waals surface area contributed by atoms with E-state index in [1.807, 2.05) is 31.2 Å². The van der Waals surface area contributed by atoms with Crippen LogP contribution in [0.25, 0.3) is 0 Å². The number of methoxy groups -OCH3 is 2. The number of amides is 3. The highest BCUT2D eigenvalue weighted by Gasteiger charge is 2.37. The molecule has 8 heteroatoms. The Morgan fingerprint density at radius 2 is 1.77 bits per heavy atom. The molecular weight excluding hydrogens is 386 g/mol. The molecule has 0 fully saturated rings. The number of nitrogens with one attached hydrogen (secondary N) is 2. The molecule has 2 N–H and O–H groups in total. The monoisotopic (exact) mass is 411 g/mol. The zero-order chi connectivity index (χ0) is 21.7. The third kappa shape index (κ3) is 4.22. The summed E-state index contributed by atoms with van der Waals surface area (Å²) in [6, 6.07) is 11.8. The maximum atomic E-state index is 12.6. The van der Waals surface area contributed by atoms with E-state index < -0.39 is 17.9 Å². The van der Waals surface area contributed by atoms with Gasteiger partial charge in [-0.05, 0) is 37.1 Å². The van der Waals surface area contributed by atoms with Gasteiger partial charge in [0.25, 0.3) is 5.91 Å². The number of rotatable bonds is 7. The van der Waals surface area contributed by atoms with Gasteiger partial charge < -0.3 is 25.0 Å². The van der Waals surface area contributed by atoms with Crippen LogP contribution in [0, 0.1) is 0 Å². The molecule has 1 heterocycles. The fourth-order valence-electron chi connectivity index (χ4n) is 3.48. The van der Waals surface area contributed by atoms with Crippen molar-refractivity contribution in [2.24, 2.45) is 0 Å². The predicted octanol–water partition coefficient (Wildman–Crippen LogP) is 1.59. The van der Waals surface area contributed by atoms with Crippen molar-refractivity contribution in [3.8, 4) is 11.5 Å². The van der Waals surface area contributed by atoms with Crippen molar-refractivity contribution >= 4 is 23.4 Å². The van der Waals surface area contributed by atoms with Crippen molar-refractivity contribution < 1.29 is 23.9 Å². The van der Waals surface area contributed by atoms with E-state index in [2.05, 4.69) is 10.6 Å². The van der Waals surface area contributed by atoms with Gasteiger partial charge in [0.1, 0.15) is 6.04 Å². The Labute approximate surface area is 175 Å². The highest BCUT2D eigenvalue weighted by Crippen LogP contribution is 2.35. The Bertz CT molecular complexity index is 960. The molecule has 8 nitrogen and oxygen atoms in total. The number of para-hydroxylation sites is 1. The lowest BCUT2D eigenvalue weighted by Crippen LogP contribution is -2.44. The van der Waals surface area contributed by atoms with Crippen LogP contribution in [0.1, 0.15) is 24.1 Å². The fraction of sp³-hybridized carbons (Fsp3) is 0.318. The summed E-state index contributed by atoms with van der Waals surface area (Å²) >= 11 is 0. The van der Waals surface area contributed by atoms with Crippen LogP contribution in [0.4, 0.5) is 5.69 Å². The highest BCUT2D eigenvalue weighted by molar-refractivity contribution is 6.35. The normalized spacial score (nSPS) is 14.8. The number of carbonyl (C=O) groups excluding carboxylic acids is 3. The Morgan fingerprint density at radius 3 is 2.47 bits per heavy atom. The minimum absolute atomic E-state index is 0.245. The van der Waals surface area contributed by atoms with Crippen LogP contribution < -0.4 is 25.0 Å². The largest absolute Gasteiger partial charge is 0.493 e. The highest BCUT2D eigenvalue weighted by atomic mass is 16.5. The van der Waals surface area contributed by atoms with Crippen LogP contribution in [0.5, 0.6) is 11.5 Å². The zero-order valence-corrected chi connectivity index (χ0v) is 17.2. The number of fused-ring (bicyclic) bond motifs is 1. The van der Waals surface area contributed by atoms with Gasteiger partial charge >= 0.3 is 11.8 Å². The topological polar surface area (TPSA) is 97.0 Å². The number of hydrogen-bond acceptors (Lipinski definition) is 5. The Kier molecular flexibility index (Phi) is 6.56. The molecule has 0 aliphatic carbocycles. The minimum atomic E-state index is -0.856. The second-order valence-electron chi connectivity index (χ2n) is 6.74. The number of nitrogens with zero attached hydrogens (tertiary/aromatic N) is 1. The number of benzene rings is 2. The smallest absolute Gasteiger partial charge is 0.310 e. The van der Waals surface area contributed by atoms with E-state index in [-0.39, 0.29) is 12.5 Å². The van der Waals surface area contributed by atoms with Gasteiger partial charge in [0.2, 0.25) is 0 Å². The van der Waals surface area contributed by atoms with Crippen molar-refractivity contribution in [2.45, 2.75) is 19.4 Å². The number of likely N-dealkylation sites (N-methyl/N-ethyl adjacent to an activating group) is 1. The summed E-state index contributed by atoms with van der Waals surface area (Å²) in [4.78, 5) is 38.8. The summed E-state index contributed by atoms with van der Waals surface area (Å²) in [7, 11) is 3.11. The second kappa shape index (κ2) is 9.30. The average Bonchev–Trinajstić information content (AvgIpc) is 3.04. The Hall–Kier alpha value is -3.55. The van der Waals surface area contributed by atoms with Gasteiger partial charge in [0.15, 0.2) is 11.5 Å². The quantitative estimate of drug-likeness (QED) is 0.675. The molecular formula is C22H25N3O5. The average molecular weight is 411 g/mol. The van der Waals surface area contributed by atoms with Gasteiger partial charge in [-0.3, -0.25) is 14.4 Å². The van der Waals surface area contributed by atoms with Gasteiger partial charge in [-0.15, -0.1) is 0 Å². The van der Waals surface area contributed by atoms with Gasteiger partial charge in [0.05, 0.1) is 14.2 Å². The molecule has 1 aliphatic rings. The number of carbonyl (C=O) groups is 3. The summed E-state index contributed by atoms with van der Waals surface area (Å²) in [6.45, 7) is 2.61. The molecule has 0 aromatic heterocycles. The summed E-state index contributed by atoms with van der Waals surface area (Å²) in [6.07, 6.45) is 0.508. The van der Waals surface area contributed by atoms with Crippen molar-refractivity contribution in [1.82, 2.24) is 10.6 Å². The van der Waals surface area contributed by atoms with E-state index in [9.17, 15) is 14.4 Å². The second-order valence-corrected chi connectivity index (χ2v) is 6.74. The first kappa shape index (κ1) is 21.2. The SMILES string of the molecule is CCN1C(=O)[C@H](NC(=O)C(=O)NCCc2ccc(OC)c(OC)c2)c2ccccc21. The van der Waals surface area contributed by atoms with Crippen molar-refractivity contribution in [2.75, 3.05) is 32.2 Å². The summed E-state index contributed by atoms with van der Waals surface area (Å²) in [5, 5.41) is 5.14. The molecule has 3 amide bonds. The molecule has 3 rings (SSSR count). The molecule has 0 radical (unpaired) electrons. The summed E-state index contributed by atoms with van der Waals surface area (Å²) < 4.78 is 10.5. The Balaban J connectivity index is 1.57. The molecule has 2 aromatic carbocycles. The van der Waals surface area contributed by atoms with Crippen LogP contribution in [-0.4, -0.2) is 45.0 Å². The molecule has 0 bridgehead atoms. The molecule has 1 atom stereocenters. The minimum Gasteiger partial charge on any atom is -0.493 e. The van der Waals surface area contributed by atoms with E-state index >= 15 is 0 Å². The molecule has 158 valence electrons. The molecule has 2 aromatic rings. The standard InChI is InChI=1S/C22H25N3O5/c1-4-25-16-8-6-5-7-15(16)19(22(25)28)24-21(27)20(26)23-12-11-14-9-10-17(29-2)18(13-14)30-3/h5-10,13,19H,4,11-12H2,1-3H3,(H,23,26)(H,24,27)/t19-/m1/s1. The zero-order valence-electron chi connectivity index (χ0n) is 17.2. The van der Waals surface area contributed by atoms with E-state index in [0.717, 1.165) is 11.3 Å². The lowest BCUT2D eigenvalue weighted by molar-refractivity contribution is -0.140. The lowest BCUT2D eigenvalue weighted by atomic mass is 10.1. The molecule has 0 spiro atoms. The molecule has 0 saturated heterocycles. The van der Waals surface area contributed by atoms with E-state index in [0.29, 0.717) is 30.0 Å². The predicted molar refractivity (Wildman–Crippen MR) is 112 cm³/mol. The van der Waals surface area contributed by atoms with Crippen LogP contribution in [0.3, 0.4) is 0 Å². The summed E-state index contributed by atoms with van der Waals surface area (Å²) in [5.74, 6) is -0.653. The van der Waals surface area contributed by atoms with Crippen LogP contribution in [0.15, 0.2) is 42.5 Å². The first-order chi connectivity index (χ1) is 14.5. The first-order valence-electron chi connectivity index (χ1n) is 9.70.